The largest absolute Gasteiger partial charge is 0.465 e. The van der Waals surface area contributed by atoms with E-state index in [9.17, 15) is 9.59 Å². The van der Waals surface area contributed by atoms with Gasteiger partial charge in [-0.15, -0.1) is 0 Å². The second kappa shape index (κ2) is 6.95. The Balaban J connectivity index is 1.96. The van der Waals surface area contributed by atoms with Crippen LogP contribution in [0.2, 0.25) is 0 Å². The molecular weight excluding hydrogens is 258 g/mol. The van der Waals surface area contributed by atoms with Gasteiger partial charge in [0.1, 0.15) is 6.10 Å². The molecule has 2 rings (SSSR count). The second-order valence-electron chi connectivity index (χ2n) is 6.11. The number of carbonyl (C=O) groups is 2. The molecule has 0 aromatic rings. The van der Waals surface area contributed by atoms with E-state index in [0.29, 0.717) is 12.3 Å². The molecule has 0 unspecified atom stereocenters. The fourth-order valence-corrected chi connectivity index (χ4v) is 3.49. The first kappa shape index (κ1) is 15.1. The number of carbonyl (C=O) groups excluding carboxylic acids is 1. The molecule has 2 aliphatic rings. The third-order valence-electron chi connectivity index (χ3n) is 4.68. The Morgan fingerprint density at radius 1 is 1.40 bits per heavy atom. The van der Waals surface area contributed by atoms with Gasteiger partial charge in [0.05, 0.1) is 12.0 Å². The average Bonchev–Trinajstić information content (AvgIpc) is 2.80. The summed E-state index contributed by atoms with van der Waals surface area (Å²) in [5.41, 5.74) is 0. The molecule has 2 fully saturated rings. The standard InChI is InChI=1S/C15H25NO4/c1-2-11-9-13(20-14(11)17)12(16-15(18)19)8-10-6-4-3-5-7-10/h10-13,16H,2-9H2,1H3,(H,18,19)/t11-,12+,13+/m1/s1. The Labute approximate surface area is 120 Å². The molecule has 0 aromatic carbocycles. The van der Waals surface area contributed by atoms with Gasteiger partial charge in [-0.1, -0.05) is 39.0 Å². The predicted molar refractivity (Wildman–Crippen MR) is 74.4 cm³/mol. The van der Waals surface area contributed by atoms with Crippen molar-refractivity contribution >= 4 is 12.1 Å². The fraction of sp³-hybridized carbons (Fsp3) is 0.867. The highest BCUT2D eigenvalue weighted by Gasteiger charge is 2.39. The summed E-state index contributed by atoms with van der Waals surface area (Å²) in [6, 6.07) is -0.254. The zero-order valence-corrected chi connectivity index (χ0v) is 12.1. The van der Waals surface area contributed by atoms with Gasteiger partial charge < -0.3 is 15.2 Å². The highest BCUT2D eigenvalue weighted by molar-refractivity contribution is 5.75. The molecule has 1 aliphatic heterocycles. The number of amides is 1. The lowest BCUT2D eigenvalue weighted by Gasteiger charge is -2.29. The van der Waals surface area contributed by atoms with Crippen LogP contribution < -0.4 is 5.32 Å². The summed E-state index contributed by atoms with van der Waals surface area (Å²) in [7, 11) is 0. The molecule has 0 bridgehead atoms. The van der Waals surface area contributed by atoms with Crippen molar-refractivity contribution in [3.63, 3.8) is 0 Å². The first-order valence-electron chi connectivity index (χ1n) is 7.80. The molecule has 5 heteroatoms. The van der Waals surface area contributed by atoms with Gasteiger partial charge in [-0.2, -0.15) is 0 Å². The third kappa shape index (κ3) is 3.87. The maximum absolute atomic E-state index is 11.7. The number of hydrogen-bond donors (Lipinski definition) is 2. The lowest BCUT2D eigenvalue weighted by molar-refractivity contribution is -0.145. The molecule has 1 saturated heterocycles. The maximum Gasteiger partial charge on any atom is 0.405 e. The fourth-order valence-electron chi connectivity index (χ4n) is 3.49. The Kier molecular flexibility index (Phi) is 5.26. The van der Waals surface area contributed by atoms with E-state index in [1.54, 1.807) is 0 Å². The Morgan fingerprint density at radius 2 is 2.10 bits per heavy atom. The zero-order valence-electron chi connectivity index (χ0n) is 12.1. The Hall–Kier alpha value is -1.26. The van der Waals surface area contributed by atoms with E-state index >= 15 is 0 Å². The molecule has 0 radical (unpaired) electrons. The van der Waals surface area contributed by atoms with Gasteiger partial charge >= 0.3 is 12.1 Å². The molecule has 0 spiro atoms. The van der Waals surface area contributed by atoms with E-state index in [0.717, 1.165) is 25.7 Å². The van der Waals surface area contributed by atoms with E-state index in [-0.39, 0.29) is 24.0 Å². The van der Waals surface area contributed by atoms with Crippen LogP contribution in [0.4, 0.5) is 4.79 Å². The number of esters is 1. The molecule has 5 nitrogen and oxygen atoms in total. The lowest BCUT2D eigenvalue weighted by Crippen LogP contribution is -2.44. The smallest absolute Gasteiger partial charge is 0.405 e. The molecule has 2 N–H and O–H groups in total. The van der Waals surface area contributed by atoms with Crippen LogP contribution in [-0.4, -0.2) is 29.3 Å². The van der Waals surface area contributed by atoms with Gasteiger partial charge in [0, 0.05) is 0 Å². The molecule has 1 saturated carbocycles. The summed E-state index contributed by atoms with van der Waals surface area (Å²) in [6.07, 6.45) is 6.95. The van der Waals surface area contributed by atoms with Crippen molar-refractivity contribution in [3.05, 3.63) is 0 Å². The summed E-state index contributed by atoms with van der Waals surface area (Å²) in [5, 5.41) is 11.6. The highest BCUT2D eigenvalue weighted by Crippen LogP contribution is 2.32. The van der Waals surface area contributed by atoms with E-state index < -0.39 is 6.09 Å². The number of carboxylic acid groups (broad SMARTS) is 1. The quantitative estimate of drug-likeness (QED) is 0.761. The Morgan fingerprint density at radius 3 is 2.65 bits per heavy atom. The summed E-state index contributed by atoms with van der Waals surface area (Å²) >= 11 is 0. The number of rotatable bonds is 5. The van der Waals surface area contributed by atoms with Gasteiger partial charge in [0.2, 0.25) is 0 Å². The van der Waals surface area contributed by atoms with Crippen LogP contribution in [0.5, 0.6) is 0 Å². The normalized spacial score (nSPS) is 28.9. The van der Waals surface area contributed by atoms with Crippen LogP contribution in [0.1, 0.15) is 58.3 Å². The monoisotopic (exact) mass is 283 g/mol. The van der Waals surface area contributed by atoms with E-state index in [1.807, 2.05) is 6.92 Å². The van der Waals surface area contributed by atoms with Crippen molar-refractivity contribution in [2.24, 2.45) is 11.8 Å². The van der Waals surface area contributed by atoms with Crippen molar-refractivity contribution < 1.29 is 19.4 Å². The van der Waals surface area contributed by atoms with Gasteiger partial charge in [-0.25, -0.2) is 4.79 Å². The predicted octanol–water partition coefficient (Wildman–Crippen LogP) is 2.93. The van der Waals surface area contributed by atoms with Crippen molar-refractivity contribution in [3.8, 4) is 0 Å². The van der Waals surface area contributed by atoms with Gasteiger partial charge in [-0.05, 0) is 25.2 Å². The van der Waals surface area contributed by atoms with Crippen LogP contribution in [0, 0.1) is 11.8 Å². The summed E-state index contributed by atoms with van der Waals surface area (Å²) < 4.78 is 5.40. The van der Waals surface area contributed by atoms with Crippen molar-refractivity contribution in [1.82, 2.24) is 5.32 Å². The molecule has 114 valence electrons. The number of nitrogens with one attached hydrogen (secondary N) is 1. The van der Waals surface area contributed by atoms with E-state index in [2.05, 4.69) is 5.32 Å². The highest BCUT2D eigenvalue weighted by atomic mass is 16.6. The topological polar surface area (TPSA) is 75.6 Å². The zero-order chi connectivity index (χ0) is 14.5. The molecular formula is C15H25NO4. The van der Waals surface area contributed by atoms with Gasteiger partial charge in [-0.3, -0.25) is 4.79 Å². The summed E-state index contributed by atoms with van der Waals surface area (Å²) in [4.78, 5) is 22.7. The van der Waals surface area contributed by atoms with Crippen LogP contribution in [0.25, 0.3) is 0 Å². The third-order valence-corrected chi connectivity index (χ3v) is 4.68. The van der Waals surface area contributed by atoms with Gasteiger partial charge in [0.25, 0.3) is 0 Å². The first-order valence-corrected chi connectivity index (χ1v) is 7.80. The molecule has 0 aromatic heterocycles. The Bertz CT molecular complexity index is 352. The molecule has 3 atom stereocenters. The molecule has 1 aliphatic carbocycles. The van der Waals surface area contributed by atoms with Crippen LogP contribution >= 0.6 is 0 Å². The first-order chi connectivity index (χ1) is 9.60. The second-order valence-corrected chi connectivity index (χ2v) is 6.11. The number of hydrogen-bond acceptors (Lipinski definition) is 3. The minimum absolute atomic E-state index is 0.0653. The van der Waals surface area contributed by atoms with Crippen LogP contribution in [0.3, 0.4) is 0 Å². The van der Waals surface area contributed by atoms with Crippen molar-refractivity contribution in [2.45, 2.75) is 70.4 Å². The van der Waals surface area contributed by atoms with E-state index in [1.165, 1.54) is 19.3 Å². The average molecular weight is 283 g/mol. The molecule has 20 heavy (non-hydrogen) atoms. The minimum Gasteiger partial charge on any atom is -0.465 e. The van der Waals surface area contributed by atoms with E-state index in [4.69, 9.17) is 9.84 Å². The summed E-state index contributed by atoms with van der Waals surface area (Å²) in [6.45, 7) is 1.97. The van der Waals surface area contributed by atoms with Crippen molar-refractivity contribution in [2.75, 3.05) is 0 Å². The number of ether oxygens (including phenoxy) is 1. The molecule has 1 amide bonds. The van der Waals surface area contributed by atoms with Crippen LogP contribution in [0.15, 0.2) is 0 Å². The maximum atomic E-state index is 11.7. The minimum atomic E-state index is -1.03. The SMILES string of the molecule is CC[C@@H]1C[C@@H]([C@H](CC2CCCCC2)NC(=O)O)OC1=O. The van der Waals surface area contributed by atoms with Crippen LogP contribution in [-0.2, 0) is 9.53 Å². The number of cyclic esters (lactones) is 1. The molecule has 1 heterocycles. The van der Waals surface area contributed by atoms with Gasteiger partial charge in [0.15, 0.2) is 0 Å². The lowest BCUT2D eigenvalue weighted by atomic mass is 9.83. The van der Waals surface area contributed by atoms with Crippen molar-refractivity contribution in [1.29, 1.82) is 0 Å². The summed E-state index contributed by atoms with van der Waals surface area (Å²) in [5.74, 6) is 0.322.